The fourth-order valence-corrected chi connectivity index (χ4v) is 3.17. The third-order valence-corrected chi connectivity index (χ3v) is 4.60. The minimum absolute atomic E-state index is 0.225. The maximum absolute atomic E-state index is 11.7. The summed E-state index contributed by atoms with van der Waals surface area (Å²) in [5, 5.41) is 5.37. The van der Waals surface area contributed by atoms with E-state index in [0.717, 1.165) is 28.1 Å². The van der Waals surface area contributed by atoms with Gasteiger partial charge >= 0.3 is 12.0 Å². The van der Waals surface area contributed by atoms with Gasteiger partial charge in [-0.15, -0.1) is 11.3 Å². The molecule has 2 N–H and O–H groups in total. The van der Waals surface area contributed by atoms with E-state index in [4.69, 9.17) is 4.74 Å². The summed E-state index contributed by atoms with van der Waals surface area (Å²) in [6, 6.07) is 7.34. The van der Waals surface area contributed by atoms with Gasteiger partial charge in [0.15, 0.2) is 6.10 Å². The fourth-order valence-electron chi connectivity index (χ4n) is 2.16. The molecule has 1 aromatic heterocycles. The van der Waals surface area contributed by atoms with Crippen LogP contribution in [0.25, 0.3) is 10.2 Å². The van der Waals surface area contributed by atoms with Gasteiger partial charge in [-0.3, -0.25) is 14.9 Å². The molecule has 0 aliphatic carbocycles. The topological polar surface area (TPSA) is 97.4 Å². The average Bonchev–Trinajstić information content (AvgIpc) is 3.01. The number of unbranched alkanes of at least 4 members (excludes halogenated alkanes) is 1. The summed E-state index contributed by atoms with van der Waals surface area (Å²) in [5.74, 6) is -1.11. The number of hydrogen-bond donors (Lipinski definition) is 2. The van der Waals surface area contributed by atoms with Gasteiger partial charge < -0.3 is 10.1 Å². The van der Waals surface area contributed by atoms with Crippen molar-refractivity contribution in [3.05, 3.63) is 29.3 Å². The fraction of sp³-hybridized carbons (Fsp3) is 0.412. The van der Waals surface area contributed by atoms with Crippen LogP contribution >= 0.6 is 11.3 Å². The minimum atomic E-state index is -1.01. The number of fused-ring (bicyclic) bond motifs is 1. The zero-order valence-corrected chi connectivity index (χ0v) is 15.0. The molecule has 8 heteroatoms. The highest BCUT2D eigenvalue weighted by molar-refractivity contribution is 7.18. The molecule has 0 spiro atoms. The second kappa shape index (κ2) is 9.12. The van der Waals surface area contributed by atoms with E-state index < -0.39 is 24.0 Å². The molecule has 0 fully saturated rings. The van der Waals surface area contributed by atoms with Gasteiger partial charge in [-0.25, -0.2) is 9.78 Å². The molecule has 3 amide bonds. The van der Waals surface area contributed by atoms with Crippen molar-refractivity contribution in [1.82, 2.24) is 15.6 Å². The Kier molecular flexibility index (Phi) is 6.88. The van der Waals surface area contributed by atoms with Gasteiger partial charge in [-0.05, 0) is 38.3 Å². The maximum atomic E-state index is 11.7. The number of nitrogens with zero attached hydrogens (tertiary/aromatic N) is 1. The lowest BCUT2D eigenvalue weighted by molar-refractivity contribution is -0.154. The van der Waals surface area contributed by atoms with E-state index in [2.05, 4.69) is 15.6 Å². The van der Waals surface area contributed by atoms with Crippen LogP contribution in [0.4, 0.5) is 4.79 Å². The molecule has 0 radical (unpaired) electrons. The summed E-state index contributed by atoms with van der Waals surface area (Å²) in [6.45, 7) is 1.43. The quantitative estimate of drug-likeness (QED) is 0.581. The molecule has 1 heterocycles. The number of rotatable bonds is 7. The number of ether oxygens (including phenoxy) is 1. The van der Waals surface area contributed by atoms with Gasteiger partial charge in [0, 0.05) is 13.5 Å². The molecule has 0 aliphatic heterocycles. The van der Waals surface area contributed by atoms with Gasteiger partial charge in [0.2, 0.25) is 0 Å². The number of urea groups is 1. The number of benzene rings is 1. The van der Waals surface area contributed by atoms with Crippen molar-refractivity contribution in [2.75, 3.05) is 7.05 Å². The Morgan fingerprint density at radius 1 is 1.24 bits per heavy atom. The van der Waals surface area contributed by atoms with Crippen molar-refractivity contribution in [2.24, 2.45) is 0 Å². The number of carbonyl (C=O) groups is 3. The lowest BCUT2D eigenvalue weighted by Gasteiger charge is -2.12. The first kappa shape index (κ1) is 18.9. The standard InChI is InChI=1S/C17H21N3O4S/c1-11(16(22)20-17(23)18-2)24-15(21)10-6-5-9-14-19-12-7-3-4-8-13(12)25-14/h3-4,7-8,11H,5-6,9-10H2,1-2H3,(H2,18,20,22,23)/t11-/m0/s1. The van der Waals surface area contributed by atoms with Crippen molar-refractivity contribution in [1.29, 1.82) is 0 Å². The molecule has 0 saturated heterocycles. The van der Waals surface area contributed by atoms with Gasteiger partial charge in [-0.2, -0.15) is 0 Å². The molecule has 2 rings (SSSR count). The Hall–Kier alpha value is -2.48. The smallest absolute Gasteiger partial charge is 0.321 e. The Bertz CT molecular complexity index is 726. The first-order chi connectivity index (χ1) is 12.0. The SMILES string of the molecule is CNC(=O)NC(=O)[C@H](C)OC(=O)CCCCc1nc2ccccc2s1. The highest BCUT2D eigenvalue weighted by Gasteiger charge is 2.19. The number of para-hydroxylation sites is 1. The predicted molar refractivity (Wildman–Crippen MR) is 95.3 cm³/mol. The van der Waals surface area contributed by atoms with Gasteiger partial charge in [0.05, 0.1) is 15.2 Å². The highest BCUT2D eigenvalue weighted by atomic mass is 32.1. The monoisotopic (exact) mass is 363 g/mol. The third-order valence-electron chi connectivity index (χ3n) is 3.50. The molecule has 1 aromatic carbocycles. The molecule has 0 unspecified atom stereocenters. The minimum Gasteiger partial charge on any atom is -0.453 e. The third kappa shape index (κ3) is 5.82. The number of imide groups is 1. The van der Waals surface area contributed by atoms with Crippen LogP contribution in [-0.4, -0.2) is 36.0 Å². The zero-order valence-electron chi connectivity index (χ0n) is 14.2. The second-order valence-electron chi connectivity index (χ2n) is 5.48. The van der Waals surface area contributed by atoms with Crippen LogP contribution in [0.3, 0.4) is 0 Å². The van der Waals surface area contributed by atoms with E-state index >= 15 is 0 Å². The molecule has 2 aromatic rings. The van der Waals surface area contributed by atoms with Crippen molar-refractivity contribution < 1.29 is 19.1 Å². The summed E-state index contributed by atoms with van der Waals surface area (Å²) in [4.78, 5) is 38.9. The predicted octanol–water partition coefficient (Wildman–Crippen LogP) is 2.40. The normalized spacial score (nSPS) is 11.8. The van der Waals surface area contributed by atoms with Crippen LogP contribution < -0.4 is 10.6 Å². The Balaban J connectivity index is 1.68. The zero-order chi connectivity index (χ0) is 18.2. The lowest BCUT2D eigenvalue weighted by Crippen LogP contribution is -2.43. The van der Waals surface area contributed by atoms with Gasteiger partial charge in [-0.1, -0.05) is 12.1 Å². The summed E-state index contributed by atoms with van der Waals surface area (Å²) < 4.78 is 6.17. The second-order valence-corrected chi connectivity index (χ2v) is 6.60. The molecule has 0 bridgehead atoms. The molecular weight excluding hydrogens is 342 g/mol. The molecule has 134 valence electrons. The van der Waals surface area contributed by atoms with E-state index in [1.54, 1.807) is 11.3 Å². The van der Waals surface area contributed by atoms with Crippen LogP contribution in [0.5, 0.6) is 0 Å². The number of amides is 3. The first-order valence-corrected chi connectivity index (χ1v) is 8.87. The van der Waals surface area contributed by atoms with E-state index in [9.17, 15) is 14.4 Å². The number of aromatic nitrogens is 1. The number of aryl methyl sites for hydroxylation is 1. The highest BCUT2D eigenvalue weighted by Crippen LogP contribution is 2.22. The number of hydrogen-bond acceptors (Lipinski definition) is 6. The van der Waals surface area contributed by atoms with Gasteiger partial charge in [0.25, 0.3) is 5.91 Å². The maximum Gasteiger partial charge on any atom is 0.321 e. The average molecular weight is 363 g/mol. The number of esters is 1. The number of thiazole rings is 1. The largest absolute Gasteiger partial charge is 0.453 e. The molecule has 1 atom stereocenters. The Morgan fingerprint density at radius 3 is 2.72 bits per heavy atom. The molecule has 0 aliphatic rings. The van der Waals surface area contributed by atoms with Gasteiger partial charge in [0.1, 0.15) is 0 Å². The summed E-state index contributed by atoms with van der Waals surface area (Å²) in [7, 11) is 1.39. The van der Waals surface area contributed by atoms with E-state index in [1.165, 1.54) is 14.0 Å². The Morgan fingerprint density at radius 2 is 2.00 bits per heavy atom. The number of nitrogens with one attached hydrogen (secondary N) is 2. The van der Waals surface area contributed by atoms with E-state index in [-0.39, 0.29) is 6.42 Å². The molecular formula is C17H21N3O4S. The van der Waals surface area contributed by atoms with Crippen LogP contribution in [-0.2, 0) is 20.7 Å². The van der Waals surface area contributed by atoms with E-state index in [1.807, 2.05) is 24.3 Å². The summed E-state index contributed by atoms with van der Waals surface area (Å²) in [5.41, 5.74) is 0.998. The molecule has 25 heavy (non-hydrogen) atoms. The van der Waals surface area contributed by atoms with Crippen molar-refractivity contribution in [3.63, 3.8) is 0 Å². The molecule has 0 saturated carbocycles. The summed E-state index contributed by atoms with van der Waals surface area (Å²) in [6.07, 6.45) is 1.49. The van der Waals surface area contributed by atoms with Crippen LogP contribution in [0.2, 0.25) is 0 Å². The van der Waals surface area contributed by atoms with Crippen molar-refractivity contribution in [3.8, 4) is 0 Å². The molecule has 7 nitrogen and oxygen atoms in total. The van der Waals surface area contributed by atoms with Crippen LogP contribution in [0.15, 0.2) is 24.3 Å². The van der Waals surface area contributed by atoms with Crippen LogP contribution in [0, 0.1) is 0 Å². The first-order valence-electron chi connectivity index (χ1n) is 8.06. The van der Waals surface area contributed by atoms with Crippen molar-refractivity contribution in [2.45, 2.75) is 38.7 Å². The van der Waals surface area contributed by atoms with Crippen LogP contribution in [0.1, 0.15) is 31.2 Å². The Labute approximate surface area is 149 Å². The van der Waals surface area contributed by atoms with Crippen molar-refractivity contribution >= 4 is 39.5 Å². The van der Waals surface area contributed by atoms with E-state index in [0.29, 0.717) is 6.42 Å². The summed E-state index contributed by atoms with van der Waals surface area (Å²) >= 11 is 1.66. The number of carbonyl (C=O) groups excluding carboxylic acids is 3. The lowest BCUT2D eigenvalue weighted by atomic mass is 10.2.